The van der Waals surface area contributed by atoms with Crippen molar-refractivity contribution in [3.05, 3.63) is 155 Å². The minimum atomic E-state index is -0.394. The Morgan fingerprint density at radius 1 is 0.750 bits per heavy atom. The van der Waals surface area contributed by atoms with E-state index in [4.69, 9.17) is 9.47 Å². The van der Waals surface area contributed by atoms with Crippen LogP contribution in [0.5, 0.6) is 17.2 Å². The molecule has 1 aliphatic heterocycles. The van der Waals surface area contributed by atoms with Crippen molar-refractivity contribution in [3.8, 4) is 17.2 Å². The molecule has 7 rings (SSSR count). The number of aromatic hydroxyl groups is 1. The number of urea groups is 1. The van der Waals surface area contributed by atoms with Crippen molar-refractivity contribution in [2.75, 3.05) is 24.6 Å². The van der Waals surface area contributed by atoms with Crippen LogP contribution < -0.4 is 25.0 Å². The number of anilines is 1. The maximum absolute atomic E-state index is 12.1. The first-order valence-electron chi connectivity index (χ1n) is 18.2. The minimum absolute atomic E-state index is 0.230. The molecule has 266 valence electrons. The summed E-state index contributed by atoms with van der Waals surface area (Å²) in [6.45, 7) is 3.20. The van der Waals surface area contributed by atoms with Crippen molar-refractivity contribution in [3.63, 3.8) is 0 Å². The number of aryl methyl sites for hydroxylation is 1. The minimum Gasteiger partial charge on any atom is -0.508 e. The van der Waals surface area contributed by atoms with E-state index in [1.54, 1.807) is 4.90 Å². The van der Waals surface area contributed by atoms with Crippen LogP contribution in [0, 0.1) is 0 Å². The van der Waals surface area contributed by atoms with E-state index in [2.05, 4.69) is 95.6 Å². The molecule has 52 heavy (non-hydrogen) atoms. The zero-order chi connectivity index (χ0) is 35.7. The Bertz CT molecular complexity index is 1950. The van der Waals surface area contributed by atoms with Crippen molar-refractivity contribution >= 4 is 17.6 Å². The normalized spacial score (nSPS) is 17.0. The van der Waals surface area contributed by atoms with E-state index in [9.17, 15) is 14.7 Å². The third kappa shape index (κ3) is 8.64. The fourth-order valence-electron chi connectivity index (χ4n) is 7.28. The molecule has 0 radical (unpaired) electrons. The van der Waals surface area contributed by atoms with Gasteiger partial charge in [-0.3, -0.25) is 15.0 Å². The number of nitrogens with one attached hydrogen (secondary N) is 2. The summed E-state index contributed by atoms with van der Waals surface area (Å²) < 4.78 is 12.1. The SMILES string of the molecule is O=C1CCN(c2ccc(OCc3ccc(CNCCCCOc4ccc([C@H]5c6ccc(O)cc6CC[C@H]5c5ccccc5)cc4)cc3)cc2)C(=O)N1. The molecule has 2 atom stereocenters. The number of hydrogen-bond acceptors (Lipinski definition) is 6. The highest BCUT2D eigenvalue weighted by atomic mass is 16.5. The number of unbranched alkanes of at least 4 members (excludes halogenated alkanes) is 1. The monoisotopic (exact) mass is 695 g/mol. The standard InChI is InChI=1S/C44H45N3O5/c48-37-17-23-41-35(28-37)14-22-40(33-6-2-1-3-7-33)43(41)34-12-18-38(19-13-34)51-27-5-4-25-45-29-31-8-10-32(11-9-31)30-52-39-20-15-36(16-21-39)47-26-24-42(49)46-44(47)50/h1-3,6-13,15-21,23,28,40,43,45,48H,4-5,14,22,24-27,29-30H2,(H,46,49,50)/t40-,43+/m0/s1. The summed E-state index contributed by atoms with van der Waals surface area (Å²) in [6, 6.07) is 40.6. The topological polar surface area (TPSA) is 100 Å². The molecule has 0 bridgehead atoms. The number of ether oxygens (including phenoxy) is 2. The highest BCUT2D eigenvalue weighted by Crippen LogP contribution is 2.47. The molecule has 8 nitrogen and oxygen atoms in total. The first-order valence-corrected chi connectivity index (χ1v) is 18.2. The van der Waals surface area contributed by atoms with Crippen LogP contribution in [0.25, 0.3) is 0 Å². The van der Waals surface area contributed by atoms with Crippen LogP contribution in [-0.4, -0.2) is 36.7 Å². The predicted molar refractivity (Wildman–Crippen MR) is 203 cm³/mol. The van der Waals surface area contributed by atoms with E-state index >= 15 is 0 Å². The lowest BCUT2D eigenvalue weighted by Crippen LogP contribution is -2.49. The number of nitrogens with zero attached hydrogens (tertiary/aromatic N) is 1. The summed E-state index contributed by atoms with van der Waals surface area (Å²) in [5.74, 6) is 2.31. The average Bonchev–Trinajstić information content (AvgIpc) is 3.17. The van der Waals surface area contributed by atoms with E-state index in [1.807, 2.05) is 36.4 Å². The smallest absolute Gasteiger partial charge is 0.328 e. The second kappa shape index (κ2) is 16.6. The van der Waals surface area contributed by atoms with Gasteiger partial charge in [-0.2, -0.15) is 0 Å². The molecule has 0 unspecified atom stereocenters. The first-order chi connectivity index (χ1) is 25.5. The molecular formula is C44H45N3O5. The predicted octanol–water partition coefficient (Wildman–Crippen LogP) is 8.23. The van der Waals surface area contributed by atoms with Gasteiger partial charge in [-0.25, -0.2) is 4.79 Å². The molecule has 3 amide bonds. The first kappa shape index (κ1) is 34.8. The average molecular weight is 696 g/mol. The molecule has 1 aliphatic carbocycles. The maximum Gasteiger partial charge on any atom is 0.328 e. The van der Waals surface area contributed by atoms with E-state index < -0.39 is 6.03 Å². The number of benzene rings is 5. The van der Waals surface area contributed by atoms with E-state index in [-0.39, 0.29) is 11.8 Å². The van der Waals surface area contributed by atoms with Crippen LogP contribution in [0.3, 0.4) is 0 Å². The Morgan fingerprint density at radius 3 is 2.25 bits per heavy atom. The summed E-state index contributed by atoms with van der Waals surface area (Å²) in [5, 5.41) is 16.0. The Balaban J connectivity index is 0.815. The zero-order valence-electron chi connectivity index (χ0n) is 29.3. The number of carbonyl (C=O) groups excluding carboxylic acids is 2. The maximum atomic E-state index is 12.1. The van der Waals surface area contributed by atoms with Crippen LogP contribution in [0.4, 0.5) is 10.5 Å². The number of hydrogen-bond donors (Lipinski definition) is 3. The van der Waals surface area contributed by atoms with Crippen molar-refractivity contribution in [2.45, 2.75) is 57.1 Å². The Kier molecular flexibility index (Phi) is 11.1. The van der Waals surface area contributed by atoms with Gasteiger partial charge in [0.2, 0.25) is 5.91 Å². The summed E-state index contributed by atoms with van der Waals surface area (Å²) >= 11 is 0. The second-order valence-corrected chi connectivity index (χ2v) is 13.6. The van der Waals surface area contributed by atoms with E-state index in [0.717, 1.165) is 55.8 Å². The molecule has 0 spiro atoms. The molecule has 5 aromatic rings. The van der Waals surface area contributed by atoms with Gasteiger partial charge in [0.25, 0.3) is 0 Å². The molecule has 8 heteroatoms. The van der Waals surface area contributed by atoms with Crippen LogP contribution in [0.15, 0.2) is 121 Å². The van der Waals surface area contributed by atoms with Crippen molar-refractivity contribution < 1.29 is 24.2 Å². The van der Waals surface area contributed by atoms with E-state index in [1.165, 1.54) is 27.8 Å². The van der Waals surface area contributed by atoms with Crippen LogP contribution >= 0.6 is 0 Å². The number of rotatable bonds is 14. The Hall–Kier alpha value is -5.60. The lowest BCUT2D eigenvalue weighted by atomic mass is 9.69. The lowest BCUT2D eigenvalue weighted by Gasteiger charge is -2.34. The third-order valence-electron chi connectivity index (χ3n) is 10.0. The highest BCUT2D eigenvalue weighted by Gasteiger charge is 2.32. The quantitative estimate of drug-likeness (QED) is 0.101. The van der Waals surface area contributed by atoms with Crippen LogP contribution in [0.1, 0.15) is 70.9 Å². The third-order valence-corrected chi connectivity index (χ3v) is 10.0. The molecule has 5 aromatic carbocycles. The second-order valence-electron chi connectivity index (χ2n) is 13.6. The van der Waals surface area contributed by atoms with Crippen molar-refractivity contribution in [2.24, 2.45) is 0 Å². The van der Waals surface area contributed by atoms with Gasteiger partial charge in [0, 0.05) is 31.1 Å². The molecule has 0 saturated carbocycles. The molecular weight excluding hydrogens is 651 g/mol. The molecule has 0 aromatic heterocycles. The van der Waals surface area contributed by atoms with Gasteiger partial charge >= 0.3 is 6.03 Å². The number of phenols is 1. The number of carbonyl (C=O) groups is 2. The number of amides is 3. The number of imide groups is 1. The zero-order valence-corrected chi connectivity index (χ0v) is 29.3. The lowest BCUT2D eigenvalue weighted by molar-refractivity contribution is -0.120. The van der Waals surface area contributed by atoms with Crippen molar-refractivity contribution in [1.29, 1.82) is 0 Å². The summed E-state index contributed by atoms with van der Waals surface area (Å²) in [5.41, 5.74) is 8.19. The number of fused-ring (bicyclic) bond motifs is 1. The molecule has 1 saturated heterocycles. The summed E-state index contributed by atoms with van der Waals surface area (Å²) in [7, 11) is 0. The van der Waals surface area contributed by atoms with Gasteiger partial charge in [-0.05, 0) is 120 Å². The van der Waals surface area contributed by atoms with Crippen molar-refractivity contribution in [1.82, 2.24) is 10.6 Å². The summed E-state index contributed by atoms with van der Waals surface area (Å²) in [6.07, 6.45) is 4.29. The largest absolute Gasteiger partial charge is 0.508 e. The Morgan fingerprint density at radius 2 is 1.48 bits per heavy atom. The van der Waals surface area contributed by atoms with Gasteiger partial charge < -0.3 is 19.9 Å². The van der Waals surface area contributed by atoms with Gasteiger partial charge in [0.05, 0.1) is 6.61 Å². The highest BCUT2D eigenvalue weighted by molar-refractivity contribution is 6.05. The van der Waals surface area contributed by atoms with Gasteiger partial charge in [-0.15, -0.1) is 0 Å². The van der Waals surface area contributed by atoms with E-state index in [0.29, 0.717) is 43.6 Å². The van der Waals surface area contributed by atoms with Gasteiger partial charge in [-0.1, -0.05) is 72.8 Å². The van der Waals surface area contributed by atoms with Crippen LogP contribution in [-0.2, 0) is 24.4 Å². The fraction of sp³-hybridized carbons (Fsp3) is 0.273. The molecule has 1 fully saturated rings. The molecule has 3 N–H and O–H groups in total. The fourth-order valence-corrected chi connectivity index (χ4v) is 7.28. The Labute approximate surface area is 305 Å². The molecule has 2 aliphatic rings. The molecule has 1 heterocycles. The van der Waals surface area contributed by atoms with Crippen LogP contribution in [0.2, 0.25) is 0 Å². The number of phenolic OH excluding ortho intramolecular Hbond substituents is 1. The summed E-state index contributed by atoms with van der Waals surface area (Å²) in [4.78, 5) is 25.0. The van der Waals surface area contributed by atoms with Gasteiger partial charge in [0.15, 0.2) is 0 Å². The van der Waals surface area contributed by atoms with Gasteiger partial charge in [0.1, 0.15) is 23.9 Å².